The maximum absolute atomic E-state index is 13.1. The van der Waals surface area contributed by atoms with Gasteiger partial charge in [-0.15, -0.1) is 0 Å². The third-order valence-corrected chi connectivity index (χ3v) is 4.58. The predicted octanol–water partition coefficient (Wildman–Crippen LogP) is 5.59. The maximum Gasteiger partial charge on any atom is 0.418 e. The van der Waals surface area contributed by atoms with Crippen LogP contribution in [0.25, 0.3) is 0 Å². The van der Waals surface area contributed by atoms with E-state index in [1.54, 1.807) is 0 Å². The van der Waals surface area contributed by atoms with Crippen molar-refractivity contribution >= 4 is 29.2 Å². The first kappa shape index (κ1) is 25.3. The number of nitrogens with one attached hydrogen (secondary N) is 1. The standard InChI is InChI=1S/C22H23ClF3NO5/c1-13(2)9-10-31-17-8-7-14(11-18(17)30-3)21(29)32-12-19(28)27-20-15(22(24,25)26)5-4-6-16(20)23/h4-8,11,13H,9-10,12H2,1-3H3,(H,27,28). The minimum Gasteiger partial charge on any atom is -0.493 e. The Kier molecular flexibility index (Phi) is 8.77. The summed E-state index contributed by atoms with van der Waals surface area (Å²) in [5.41, 5.74) is -1.63. The molecule has 0 radical (unpaired) electrons. The van der Waals surface area contributed by atoms with Crippen LogP contribution < -0.4 is 14.8 Å². The molecule has 0 fully saturated rings. The van der Waals surface area contributed by atoms with Crippen molar-refractivity contribution in [2.45, 2.75) is 26.4 Å². The summed E-state index contributed by atoms with van der Waals surface area (Å²) in [4.78, 5) is 24.3. The summed E-state index contributed by atoms with van der Waals surface area (Å²) in [7, 11) is 1.41. The molecule has 0 heterocycles. The zero-order valence-corrected chi connectivity index (χ0v) is 18.5. The van der Waals surface area contributed by atoms with Crippen molar-refractivity contribution in [3.8, 4) is 11.5 Å². The molecular formula is C22H23ClF3NO5. The van der Waals surface area contributed by atoms with Gasteiger partial charge in [-0.3, -0.25) is 4.79 Å². The molecule has 10 heteroatoms. The molecule has 1 amide bonds. The van der Waals surface area contributed by atoms with Gasteiger partial charge < -0.3 is 19.5 Å². The van der Waals surface area contributed by atoms with Gasteiger partial charge in [-0.1, -0.05) is 31.5 Å². The Morgan fingerprint density at radius 3 is 2.47 bits per heavy atom. The number of hydrogen-bond donors (Lipinski definition) is 1. The van der Waals surface area contributed by atoms with Crippen molar-refractivity contribution in [1.82, 2.24) is 0 Å². The van der Waals surface area contributed by atoms with Crippen LogP contribution in [0.5, 0.6) is 11.5 Å². The maximum atomic E-state index is 13.1. The van der Waals surface area contributed by atoms with Gasteiger partial charge in [0.15, 0.2) is 18.1 Å². The summed E-state index contributed by atoms with van der Waals surface area (Å²) < 4.78 is 55.1. The van der Waals surface area contributed by atoms with Crippen LogP contribution in [0.2, 0.25) is 5.02 Å². The van der Waals surface area contributed by atoms with Gasteiger partial charge in [0.25, 0.3) is 5.91 Å². The lowest BCUT2D eigenvalue weighted by atomic mass is 10.1. The number of hydrogen-bond acceptors (Lipinski definition) is 5. The largest absolute Gasteiger partial charge is 0.493 e. The van der Waals surface area contributed by atoms with Gasteiger partial charge in [0.2, 0.25) is 0 Å². The lowest BCUT2D eigenvalue weighted by Gasteiger charge is -2.15. The van der Waals surface area contributed by atoms with Crippen molar-refractivity contribution in [3.63, 3.8) is 0 Å². The highest BCUT2D eigenvalue weighted by Gasteiger charge is 2.34. The first-order chi connectivity index (χ1) is 15.0. The fourth-order valence-corrected chi connectivity index (χ4v) is 2.82. The molecule has 2 rings (SSSR count). The average molecular weight is 474 g/mol. The van der Waals surface area contributed by atoms with Crippen LogP contribution in [0.4, 0.5) is 18.9 Å². The molecule has 0 unspecified atom stereocenters. The molecule has 0 atom stereocenters. The minimum atomic E-state index is -4.72. The van der Waals surface area contributed by atoms with Crippen molar-refractivity contribution in [2.75, 3.05) is 25.6 Å². The minimum absolute atomic E-state index is 0.0829. The number of ether oxygens (including phenoxy) is 3. The van der Waals surface area contributed by atoms with E-state index >= 15 is 0 Å². The highest BCUT2D eigenvalue weighted by atomic mass is 35.5. The van der Waals surface area contributed by atoms with Gasteiger partial charge >= 0.3 is 12.1 Å². The van der Waals surface area contributed by atoms with E-state index in [4.69, 9.17) is 25.8 Å². The zero-order valence-electron chi connectivity index (χ0n) is 17.7. The van der Waals surface area contributed by atoms with Crippen molar-refractivity contribution < 1.29 is 37.0 Å². The third-order valence-electron chi connectivity index (χ3n) is 4.27. The quantitative estimate of drug-likeness (QED) is 0.481. The summed E-state index contributed by atoms with van der Waals surface area (Å²) in [6.45, 7) is 3.79. The van der Waals surface area contributed by atoms with E-state index in [1.165, 1.54) is 31.4 Å². The van der Waals surface area contributed by atoms with Crippen molar-refractivity contribution in [2.24, 2.45) is 5.92 Å². The van der Waals surface area contributed by atoms with Crippen LogP contribution in [0, 0.1) is 5.92 Å². The summed E-state index contributed by atoms with van der Waals surface area (Å²) in [6, 6.07) is 7.46. The number of anilines is 1. The van der Waals surface area contributed by atoms with Gasteiger partial charge in [0.05, 0.1) is 35.6 Å². The third kappa shape index (κ3) is 7.05. The summed E-state index contributed by atoms with van der Waals surface area (Å²) in [6.07, 6.45) is -3.89. The van der Waals surface area contributed by atoms with E-state index in [1.807, 2.05) is 5.32 Å². The number of alkyl halides is 3. The lowest BCUT2D eigenvalue weighted by Crippen LogP contribution is -2.23. The van der Waals surface area contributed by atoms with Gasteiger partial charge in [0, 0.05) is 0 Å². The molecule has 0 aliphatic heterocycles. The van der Waals surface area contributed by atoms with Gasteiger partial charge in [-0.2, -0.15) is 13.2 Å². The zero-order chi connectivity index (χ0) is 23.9. The molecule has 1 N–H and O–H groups in total. The molecule has 2 aromatic carbocycles. The Morgan fingerprint density at radius 2 is 1.84 bits per heavy atom. The first-order valence-electron chi connectivity index (χ1n) is 9.66. The van der Waals surface area contributed by atoms with Crippen LogP contribution in [-0.4, -0.2) is 32.2 Å². The van der Waals surface area contributed by atoms with Crippen LogP contribution in [0.1, 0.15) is 36.2 Å². The van der Waals surface area contributed by atoms with E-state index in [0.29, 0.717) is 24.0 Å². The molecule has 0 spiro atoms. The number of benzene rings is 2. The Morgan fingerprint density at radius 1 is 1.12 bits per heavy atom. The fraction of sp³-hybridized carbons (Fsp3) is 0.364. The normalized spacial score (nSPS) is 11.2. The molecule has 2 aromatic rings. The Bertz CT molecular complexity index is 963. The summed E-state index contributed by atoms with van der Waals surface area (Å²) >= 11 is 5.79. The predicted molar refractivity (Wildman–Crippen MR) is 113 cm³/mol. The smallest absolute Gasteiger partial charge is 0.418 e. The molecule has 0 aromatic heterocycles. The Hall–Kier alpha value is -2.94. The number of halogens is 4. The highest BCUT2D eigenvalue weighted by molar-refractivity contribution is 6.34. The van der Waals surface area contributed by atoms with Crippen LogP contribution in [0.15, 0.2) is 36.4 Å². The molecule has 6 nitrogen and oxygen atoms in total. The monoisotopic (exact) mass is 473 g/mol. The van der Waals surface area contributed by atoms with Crippen molar-refractivity contribution in [3.05, 3.63) is 52.5 Å². The topological polar surface area (TPSA) is 73.9 Å². The number of methoxy groups -OCH3 is 1. The molecule has 0 aliphatic carbocycles. The molecule has 0 bridgehead atoms. The highest BCUT2D eigenvalue weighted by Crippen LogP contribution is 2.38. The summed E-state index contributed by atoms with van der Waals surface area (Å²) in [5.74, 6) is -0.626. The molecular weight excluding hydrogens is 451 g/mol. The first-order valence-corrected chi connectivity index (χ1v) is 10.0. The van der Waals surface area contributed by atoms with E-state index in [9.17, 15) is 22.8 Å². The number of esters is 1. The second kappa shape index (κ2) is 11.1. The van der Waals surface area contributed by atoms with Gasteiger partial charge in [0.1, 0.15) is 0 Å². The van der Waals surface area contributed by atoms with Gasteiger partial charge in [-0.05, 0) is 42.7 Å². The van der Waals surface area contributed by atoms with E-state index in [2.05, 4.69) is 13.8 Å². The number of carbonyl (C=O) groups excluding carboxylic acids is 2. The summed E-state index contributed by atoms with van der Waals surface area (Å²) in [5, 5.41) is 1.75. The molecule has 0 saturated heterocycles. The van der Waals surface area contributed by atoms with Crippen LogP contribution in [-0.2, 0) is 15.7 Å². The second-order valence-electron chi connectivity index (χ2n) is 7.18. The fourth-order valence-electron chi connectivity index (χ4n) is 2.60. The molecule has 0 saturated carbocycles. The van der Waals surface area contributed by atoms with Crippen LogP contribution >= 0.6 is 11.6 Å². The SMILES string of the molecule is COc1cc(C(=O)OCC(=O)Nc2c(Cl)cccc2C(F)(F)F)ccc1OCCC(C)C. The Labute approximate surface area is 188 Å². The lowest BCUT2D eigenvalue weighted by molar-refractivity contribution is -0.137. The molecule has 32 heavy (non-hydrogen) atoms. The van der Waals surface area contributed by atoms with Crippen molar-refractivity contribution in [1.29, 1.82) is 0 Å². The number of rotatable bonds is 9. The second-order valence-corrected chi connectivity index (χ2v) is 7.59. The van der Waals surface area contributed by atoms with Gasteiger partial charge in [-0.25, -0.2) is 4.79 Å². The van der Waals surface area contributed by atoms with Crippen LogP contribution in [0.3, 0.4) is 0 Å². The average Bonchev–Trinajstić information content (AvgIpc) is 2.72. The van der Waals surface area contributed by atoms with E-state index in [-0.39, 0.29) is 10.6 Å². The Balaban J connectivity index is 2.02. The molecule has 174 valence electrons. The number of para-hydroxylation sites is 1. The van der Waals surface area contributed by atoms with E-state index < -0.39 is 35.9 Å². The van der Waals surface area contributed by atoms with E-state index in [0.717, 1.165) is 18.6 Å². The molecule has 0 aliphatic rings. The number of carbonyl (C=O) groups is 2. The number of amides is 1.